The minimum atomic E-state index is -0.535. The van der Waals surface area contributed by atoms with Gasteiger partial charge in [0.15, 0.2) is 0 Å². The van der Waals surface area contributed by atoms with Gasteiger partial charge in [-0.05, 0) is 66.6 Å². The largest absolute Gasteiger partial charge is 0.462 e. The van der Waals surface area contributed by atoms with Gasteiger partial charge in [0, 0.05) is 32.1 Å². The van der Waals surface area contributed by atoms with Gasteiger partial charge in [0.1, 0.15) is 16.3 Å². The highest BCUT2D eigenvalue weighted by atomic mass is 35.5. The molecule has 3 amide bonds. The van der Waals surface area contributed by atoms with Crippen LogP contribution in [0, 0.1) is 0 Å². The normalized spacial score (nSPS) is 11.0. The van der Waals surface area contributed by atoms with E-state index in [0.29, 0.717) is 38.0 Å². The highest BCUT2D eigenvalue weighted by Gasteiger charge is 2.23. The number of ether oxygens (including phenoxy) is 1. The summed E-state index contributed by atoms with van der Waals surface area (Å²) in [4.78, 5) is 53.0. The zero-order valence-corrected chi connectivity index (χ0v) is 28.1. The lowest BCUT2D eigenvalue weighted by Gasteiger charge is -2.12. The number of nitrogens with one attached hydrogen (secondary N) is 3. The Morgan fingerprint density at radius 3 is 2.27 bits per heavy atom. The van der Waals surface area contributed by atoms with Crippen molar-refractivity contribution in [2.45, 2.75) is 11.8 Å². The van der Waals surface area contributed by atoms with Crippen LogP contribution in [-0.2, 0) is 14.3 Å². The molecule has 8 nitrogen and oxygen atoms in total. The average Bonchev–Trinajstić information content (AvgIpc) is 3.52. The second kappa shape index (κ2) is 16.6. The molecule has 0 saturated heterocycles. The van der Waals surface area contributed by atoms with Crippen LogP contribution in [0.15, 0.2) is 125 Å². The molecule has 242 valence electrons. The number of carbonyl (C=O) groups is 4. The molecule has 48 heavy (non-hydrogen) atoms. The number of hydrogen-bond acceptors (Lipinski definition) is 7. The van der Waals surface area contributed by atoms with Crippen LogP contribution in [-0.4, -0.2) is 36.1 Å². The van der Waals surface area contributed by atoms with Crippen molar-refractivity contribution < 1.29 is 23.9 Å². The minimum absolute atomic E-state index is 0.0341. The Morgan fingerprint density at radius 2 is 1.56 bits per heavy atom. The van der Waals surface area contributed by atoms with E-state index in [0.717, 1.165) is 10.5 Å². The Kier molecular flexibility index (Phi) is 11.8. The maximum absolute atomic E-state index is 13.4. The summed E-state index contributed by atoms with van der Waals surface area (Å²) in [5.41, 5.74) is 3.42. The monoisotopic (exact) mass is 695 g/mol. The van der Waals surface area contributed by atoms with Gasteiger partial charge in [-0.1, -0.05) is 78.3 Å². The summed E-state index contributed by atoms with van der Waals surface area (Å²) in [5, 5.41) is 11.2. The van der Waals surface area contributed by atoms with E-state index in [-0.39, 0.29) is 24.0 Å². The fourth-order valence-corrected chi connectivity index (χ4v) is 6.38. The van der Waals surface area contributed by atoms with E-state index in [1.807, 2.05) is 41.8 Å². The second-order valence-electron chi connectivity index (χ2n) is 10.2. The van der Waals surface area contributed by atoms with E-state index < -0.39 is 17.8 Å². The maximum Gasteiger partial charge on any atom is 0.341 e. The summed E-state index contributed by atoms with van der Waals surface area (Å²) >= 11 is 8.55. The Balaban J connectivity index is 1.27. The molecule has 0 aliphatic heterocycles. The number of thiophene rings is 1. The summed E-state index contributed by atoms with van der Waals surface area (Å²) in [6.07, 6.45) is 1.56. The predicted molar refractivity (Wildman–Crippen MR) is 193 cm³/mol. The Labute approximate surface area is 291 Å². The molecule has 0 unspecified atom stereocenters. The number of rotatable bonds is 12. The summed E-state index contributed by atoms with van der Waals surface area (Å²) in [5.74, 6) is -1.74. The quantitative estimate of drug-likeness (QED) is 0.0687. The summed E-state index contributed by atoms with van der Waals surface area (Å²) in [7, 11) is 0. The lowest BCUT2D eigenvalue weighted by atomic mass is 10.0. The number of esters is 1. The van der Waals surface area contributed by atoms with Crippen LogP contribution in [0.5, 0.6) is 0 Å². The standard InChI is InChI=1S/C37H30ClN3O5S2/c1-2-46-37(45)33-30(25-10-5-3-6-11-25)22-48-36(33)41-32(42)23-47-29-15-9-14-28(21-29)39-35(44)31(20-24-16-18-27(38)19-17-24)40-34(43)26-12-7-4-8-13-26/h3-22H,2,23H2,1H3,(H,39,44)(H,40,43)(H,41,42)/b31-20+. The van der Waals surface area contributed by atoms with E-state index >= 15 is 0 Å². The van der Waals surface area contributed by atoms with Crippen molar-refractivity contribution in [3.8, 4) is 11.1 Å². The van der Waals surface area contributed by atoms with Crippen LogP contribution in [0.1, 0.15) is 33.2 Å². The molecule has 11 heteroatoms. The molecule has 0 atom stereocenters. The van der Waals surface area contributed by atoms with E-state index in [1.54, 1.807) is 85.8 Å². The summed E-state index contributed by atoms with van der Waals surface area (Å²) in [6, 6.07) is 31.9. The fraction of sp³-hybridized carbons (Fsp3) is 0.0811. The highest BCUT2D eigenvalue weighted by molar-refractivity contribution is 8.00. The molecule has 5 aromatic rings. The second-order valence-corrected chi connectivity index (χ2v) is 12.6. The van der Waals surface area contributed by atoms with Crippen LogP contribution < -0.4 is 16.0 Å². The van der Waals surface area contributed by atoms with Crippen molar-refractivity contribution in [3.63, 3.8) is 0 Å². The summed E-state index contributed by atoms with van der Waals surface area (Å²) in [6.45, 7) is 1.94. The minimum Gasteiger partial charge on any atom is -0.462 e. The summed E-state index contributed by atoms with van der Waals surface area (Å²) < 4.78 is 5.29. The molecule has 0 fully saturated rings. The molecule has 0 bridgehead atoms. The predicted octanol–water partition coefficient (Wildman–Crippen LogP) is 8.39. The van der Waals surface area contributed by atoms with Gasteiger partial charge in [-0.3, -0.25) is 14.4 Å². The zero-order chi connectivity index (χ0) is 33.9. The van der Waals surface area contributed by atoms with Crippen molar-refractivity contribution in [2.24, 2.45) is 0 Å². The van der Waals surface area contributed by atoms with Crippen LogP contribution >= 0.6 is 34.7 Å². The fourth-order valence-electron chi connectivity index (χ4n) is 4.53. The number of amides is 3. The van der Waals surface area contributed by atoms with Crippen LogP contribution in [0.2, 0.25) is 5.02 Å². The number of benzene rings is 4. The molecule has 1 heterocycles. The van der Waals surface area contributed by atoms with Gasteiger partial charge in [0.25, 0.3) is 11.8 Å². The van der Waals surface area contributed by atoms with Crippen LogP contribution in [0.4, 0.5) is 10.7 Å². The number of carbonyl (C=O) groups excluding carboxylic acids is 4. The third kappa shape index (κ3) is 9.22. The van der Waals surface area contributed by atoms with Crippen LogP contribution in [0.3, 0.4) is 0 Å². The highest BCUT2D eigenvalue weighted by Crippen LogP contribution is 2.36. The van der Waals surface area contributed by atoms with Crippen molar-refractivity contribution in [1.82, 2.24) is 5.32 Å². The van der Waals surface area contributed by atoms with E-state index in [4.69, 9.17) is 16.3 Å². The topological polar surface area (TPSA) is 114 Å². The Bertz CT molecular complexity index is 1950. The molecule has 0 saturated carbocycles. The molecule has 4 aromatic carbocycles. The zero-order valence-electron chi connectivity index (χ0n) is 25.7. The Morgan fingerprint density at radius 1 is 0.854 bits per heavy atom. The molecule has 3 N–H and O–H groups in total. The van der Waals surface area contributed by atoms with E-state index in [9.17, 15) is 19.2 Å². The van der Waals surface area contributed by atoms with Gasteiger partial charge in [-0.15, -0.1) is 23.1 Å². The van der Waals surface area contributed by atoms with Gasteiger partial charge in [0.2, 0.25) is 5.91 Å². The van der Waals surface area contributed by atoms with Gasteiger partial charge in [0.05, 0.1) is 12.4 Å². The molecule has 0 radical (unpaired) electrons. The third-order valence-corrected chi connectivity index (χ3v) is 8.92. The SMILES string of the molecule is CCOC(=O)c1c(-c2ccccc2)csc1NC(=O)CSc1cccc(NC(=O)/C(=C\c2ccc(Cl)cc2)NC(=O)c2ccccc2)c1. The molecule has 1 aromatic heterocycles. The average molecular weight is 696 g/mol. The van der Waals surface area contributed by atoms with Crippen LogP contribution in [0.25, 0.3) is 17.2 Å². The smallest absolute Gasteiger partial charge is 0.341 e. The molecule has 0 spiro atoms. The first-order valence-corrected chi connectivity index (χ1v) is 17.1. The molecule has 5 rings (SSSR count). The number of halogens is 1. The molecule has 0 aliphatic carbocycles. The van der Waals surface area contributed by atoms with Crippen molar-refractivity contribution in [2.75, 3.05) is 23.0 Å². The lowest BCUT2D eigenvalue weighted by molar-refractivity contribution is -0.114. The van der Waals surface area contributed by atoms with Gasteiger partial charge >= 0.3 is 5.97 Å². The van der Waals surface area contributed by atoms with E-state index in [2.05, 4.69) is 16.0 Å². The Hall–Kier alpha value is -5.16. The first-order valence-electron chi connectivity index (χ1n) is 14.8. The van der Waals surface area contributed by atoms with Gasteiger partial charge in [-0.25, -0.2) is 4.79 Å². The van der Waals surface area contributed by atoms with Gasteiger partial charge in [-0.2, -0.15) is 0 Å². The molecular formula is C37H30ClN3O5S2. The van der Waals surface area contributed by atoms with Crippen molar-refractivity contribution in [3.05, 3.63) is 142 Å². The van der Waals surface area contributed by atoms with Crippen molar-refractivity contribution in [1.29, 1.82) is 0 Å². The van der Waals surface area contributed by atoms with Crippen molar-refractivity contribution >= 4 is 75.2 Å². The lowest BCUT2D eigenvalue weighted by Crippen LogP contribution is -2.30. The first-order chi connectivity index (χ1) is 23.3. The number of thioether (sulfide) groups is 1. The number of hydrogen-bond donors (Lipinski definition) is 3. The molecular weight excluding hydrogens is 666 g/mol. The van der Waals surface area contributed by atoms with Gasteiger partial charge < -0.3 is 20.7 Å². The third-order valence-electron chi connectivity index (χ3n) is 6.78. The van der Waals surface area contributed by atoms with E-state index in [1.165, 1.54) is 23.1 Å². The first kappa shape index (κ1) is 34.2. The number of anilines is 2. The maximum atomic E-state index is 13.4. The molecule has 0 aliphatic rings.